The van der Waals surface area contributed by atoms with Gasteiger partial charge < -0.3 is 10.3 Å². The number of aromatic nitrogens is 2. The quantitative estimate of drug-likeness (QED) is 0.876. The maximum absolute atomic E-state index is 12.0. The molecule has 1 heterocycles. The lowest BCUT2D eigenvalue weighted by molar-refractivity contribution is -0.133. The molecular weight excluding hydrogens is 238 g/mol. The van der Waals surface area contributed by atoms with Crippen LogP contribution in [0.25, 0.3) is 0 Å². The fourth-order valence-electron chi connectivity index (χ4n) is 4.15. The van der Waals surface area contributed by atoms with E-state index in [9.17, 15) is 4.79 Å². The number of hydrogen-bond donors (Lipinski definition) is 2. The molecule has 0 radical (unpaired) electrons. The molecule has 19 heavy (non-hydrogen) atoms. The molecule has 0 saturated heterocycles. The summed E-state index contributed by atoms with van der Waals surface area (Å²) in [6.45, 7) is 7.05. The standard InChI is InChI=1S/C15H23N3O/c1-9-12-4-10(15(12,2)3)5-13(9)18-14(19)6-11-7-16-8-17-11/h7-10,12-13H,4-6H2,1-3H3,(H,16,17)(H,18,19)/t9-,10+,12-,13-/m1/s1. The van der Waals surface area contributed by atoms with Crippen LogP contribution in [-0.2, 0) is 11.2 Å². The van der Waals surface area contributed by atoms with Gasteiger partial charge in [0.2, 0.25) is 5.91 Å². The summed E-state index contributed by atoms with van der Waals surface area (Å²) in [7, 11) is 0. The number of fused-ring (bicyclic) bond motifs is 2. The molecule has 3 fully saturated rings. The van der Waals surface area contributed by atoms with Gasteiger partial charge in [-0.3, -0.25) is 4.79 Å². The number of carbonyl (C=O) groups excluding carboxylic acids is 1. The SMILES string of the molecule is C[C@@H]1[C@H]2C[C@@H](C[C@H]1NC(=O)Cc1cnc[nH]1)C2(C)C. The summed E-state index contributed by atoms with van der Waals surface area (Å²) >= 11 is 0. The second kappa shape index (κ2) is 4.36. The Kier molecular flexibility index (Phi) is 2.91. The van der Waals surface area contributed by atoms with Crippen LogP contribution in [0.3, 0.4) is 0 Å². The second-order valence-corrected chi connectivity index (χ2v) is 6.88. The number of carbonyl (C=O) groups is 1. The second-order valence-electron chi connectivity index (χ2n) is 6.88. The Morgan fingerprint density at radius 1 is 1.53 bits per heavy atom. The first-order valence-corrected chi connectivity index (χ1v) is 7.25. The highest BCUT2D eigenvalue weighted by Gasteiger charge is 2.56. The van der Waals surface area contributed by atoms with Crippen molar-refractivity contribution < 1.29 is 4.79 Å². The van der Waals surface area contributed by atoms with Gasteiger partial charge in [0, 0.05) is 17.9 Å². The molecule has 104 valence electrons. The van der Waals surface area contributed by atoms with Gasteiger partial charge in [0.05, 0.1) is 12.7 Å². The number of amides is 1. The van der Waals surface area contributed by atoms with Crippen LogP contribution in [0.5, 0.6) is 0 Å². The molecule has 1 aromatic heterocycles. The van der Waals surface area contributed by atoms with E-state index >= 15 is 0 Å². The van der Waals surface area contributed by atoms with E-state index in [1.54, 1.807) is 12.5 Å². The van der Waals surface area contributed by atoms with Crippen molar-refractivity contribution in [1.29, 1.82) is 0 Å². The largest absolute Gasteiger partial charge is 0.353 e. The van der Waals surface area contributed by atoms with E-state index in [2.05, 4.69) is 36.1 Å². The lowest BCUT2D eigenvalue weighted by Crippen LogP contribution is -2.60. The van der Waals surface area contributed by atoms with Gasteiger partial charge in [-0.2, -0.15) is 0 Å². The molecule has 3 aliphatic rings. The summed E-state index contributed by atoms with van der Waals surface area (Å²) < 4.78 is 0. The smallest absolute Gasteiger partial charge is 0.226 e. The Morgan fingerprint density at radius 2 is 2.32 bits per heavy atom. The van der Waals surface area contributed by atoms with Crippen molar-refractivity contribution in [1.82, 2.24) is 15.3 Å². The normalized spacial score (nSPS) is 35.5. The summed E-state index contributed by atoms with van der Waals surface area (Å²) in [6.07, 6.45) is 6.22. The molecule has 4 nitrogen and oxygen atoms in total. The van der Waals surface area contributed by atoms with Crippen LogP contribution >= 0.6 is 0 Å². The van der Waals surface area contributed by atoms with Crippen LogP contribution in [0.1, 0.15) is 39.3 Å². The van der Waals surface area contributed by atoms with E-state index < -0.39 is 0 Å². The number of imidazole rings is 1. The van der Waals surface area contributed by atoms with Crippen LogP contribution in [0.15, 0.2) is 12.5 Å². The lowest BCUT2D eigenvalue weighted by Gasteiger charge is -2.62. The van der Waals surface area contributed by atoms with Crippen LogP contribution in [-0.4, -0.2) is 21.9 Å². The number of nitrogens with one attached hydrogen (secondary N) is 2. The average Bonchev–Trinajstić information content (AvgIpc) is 2.83. The molecule has 4 rings (SSSR count). The van der Waals surface area contributed by atoms with E-state index in [-0.39, 0.29) is 5.91 Å². The van der Waals surface area contributed by atoms with Gasteiger partial charge in [-0.25, -0.2) is 4.98 Å². The van der Waals surface area contributed by atoms with Crippen molar-refractivity contribution in [2.24, 2.45) is 23.2 Å². The summed E-state index contributed by atoms with van der Waals surface area (Å²) in [6, 6.07) is 0.354. The number of nitrogens with zero attached hydrogens (tertiary/aromatic N) is 1. The first-order valence-electron chi connectivity index (χ1n) is 7.25. The third kappa shape index (κ3) is 2.07. The van der Waals surface area contributed by atoms with Crippen LogP contribution in [0.2, 0.25) is 0 Å². The van der Waals surface area contributed by atoms with E-state index in [0.29, 0.717) is 23.8 Å². The Balaban J connectivity index is 1.58. The molecule has 0 unspecified atom stereocenters. The van der Waals surface area contributed by atoms with Gasteiger partial charge in [0.25, 0.3) is 0 Å². The topological polar surface area (TPSA) is 57.8 Å². The van der Waals surface area contributed by atoms with Gasteiger partial charge >= 0.3 is 0 Å². The summed E-state index contributed by atoms with van der Waals surface area (Å²) in [5.74, 6) is 2.25. The molecule has 1 aromatic rings. The van der Waals surface area contributed by atoms with Crippen molar-refractivity contribution in [3.63, 3.8) is 0 Å². The number of rotatable bonds is 3. The molecule has 0 aliphatic heterocycles. The molecule has 1 amide bonds. The predicted octanol–water partition coefficient (Wildman–Crippen LogP) is 2.14. The molecular formula is C15H23N3O. The summed E-state index contributed by atoms with van der Waals surface area (Å²) in [5, 5.41) is 3.22. The highest BCUT2D eigenvalue weighted by molar-refractivity contribution is 5.78. The molecule has 3 saturated carbocycles. The minimum absolute atomic E-state index is 0.111. The van der Waals surface area contributed by atoms with Gasteiger partial charge in [0.1, 0.15) is 0 Å². The highest BCUT2D eigenvalue weighted by atomic mass is 16.1. The number of hydrogen-bond acceptors (Lipinski definition) is 2. The summed E-state index contributed by atoms with van der Waals surface area (Å²) in [5.41, 5.74) is 1.36. The lowest BCUT2D eigenvalue weighted by atomic mass is 9.45. The zero-order valence-corrected chi connectivity index (χ0v) is 11.9. The number of aromatic amines is 1. The van der Waals surface area contributed by atoms with Crippen LogP contribution in [0.4, 0.5) is 0 Å². The maximum Gasteiger partial charge on any atom is 0.226 e. The van der Waals surface area contributed by atoms with Gasteiger partial charge in [-0.05, 0) is 36.0 Å². The molecule has 2 bridgehead atoms. The Morgan fingerprint density at radius 3 is 2.89 bits per heavy atom. The van der Waals surface area contributed by atoms with Crippen molar-refractivity contribution in [3.8, 4) is 0 Å². The van der Waals surface area contributed by atoms with Gasteiger partial charge in [-0.1, -0.05) is 20.8 Å². The molecule has 2 N–H and O–H groups in total. The first kappa shape index (κ1) is 12.7. The average molecular weight is 261 g/mol. The zero-order valence-electron chi connectivity index (χ0n) is 11.9. The minimum atomic E-state index is 0.111. The predicted molar refractivity (Wildman–Crippen MR) is 73.4 cm³/mol. The Labute approximate surface area is 114 Å². The van der Waals surface area contributed by atoms with E-state index in [1.165, 1.54) is 6.42 Å². The van der Waals surface area contributed by atoms with Crippen molar-refractivity contribution >= 4 is 5.91 Å². The van der Waals surface area contributed by atoms with E-state index in [1.807, 2.05) is 0 Å². The van der Waals surface area contributed by atoms with Crippen LogP contribution in [0, 0.1) is 23.2 Å². The zero-order chi connectivity index (χ0) is 13.6. The molecule has 4 heteroatoms. The Bertz CT molecular complexity index is 466. The molecule has 3 aliphatic carbocycles. The maximum atomic E-state index is 12.0. The molecule has 0 aromatic carbocycles. The fraction of sp³-hybridized carbons (Fsp3) is 0.733. The van der Waals surface area contributed by atoms with Gasteiger partial charge in [-0.15, -0.1) is 0 Å². The van der Waals surface area contributed by atoms with Gasteiger partial charge in [0.15, 0.2) is 0 Å². The van der Waals surface area contributed by atoms with Crippen molar-refractivity contribution in [2.45, 2.75) is 46.1 Å². The van der Waals surface area contributed by atoms with Crippen molar-refractivity contribution in [3.05, 3.63) is 18.2 Å². The third-order valence-corrected chi connectivity index (χ3v) is 5.61. The van der Waals surface area contributed by atoms with E-state index in [4.69, 9.17) is 0 Å². The third-order valence-electron chi connectivity index (χ3n) is 5.61. The summed E-state index contributed by atoms with van der Waals surface area (Å²) in [4.78, 5) is 19.0. The van der Waals surface area contributed by atoms with E-state index in [0.717, 1.165) is 24.0 Å². The van der Waals surface area contributed by atoms with Crippen LogP contribution < -0.4 is 5.32 Å². The molecule has 0 spiro atoms. The Hall–Kier alpha value is -1.32. The fourth-order valence-corrected chi connectivity index (χ4v) is 4.15. The highest BCUT2D eigenvalue weighted by Crippen LogP contribution is 2.61. The minimum Gasteiger partial charge on any atom is -0.353 e. The first-order chi connectivity index (χ1) is 8.98. The monoisotopic (exact) mass is 261 g/mol. The van der Waals surface area contributed by atoms with Crippen molar-refractivity contribution in [2.75, 3.05) is 0 Å². The number of H-pyrrole nitrogens is 1. The molecule has 4 atom stereocenters.